The highest BCUT2D eigenvalue weighted by Gasteiger charge is 2.07. The number of benzene rings is 1. The lowest BCUT2D eigenvalue weighted by Crippen LogP contribution is -1.97. The normalized spacial score (nSPS) is 10.2. The summed E-state index contributed by atoms with van der Waals surface area (Å²) in [6, 6.07) is 5.43. The van der Waals surface area contributed by atoms with Gasteiger partial charge in [0.1, 0.15) is 5.75 Å². The summed E-state index contributed by atoms with van der Waals surface area (Å²) in [7, 11) is 1.61. The minimum absolute atomic E-state index is 0.0519. The SMILES string of the molecule is COc1ccc(C(C)=O)cc1CSCCO. The fraction of sp³-hybridized carbons (Fsp3) is 0.417. The summed E-state index contributed by atoms with van der Waals surface area (Å²) in [4.78, 5) is 11.2. The Labute approximate surface area is 99.8 Å². The van der Waals surface area contributed by atoms with Gasteiger partial charge in [-0.3, -0.25) is 4.79 Å². The molecule has 1 rings (SSSR count). The zero-order valence-electron chi connectivity index (χ0n) is 9.53. The fourth-order valence-corrected chi connectivity index (χ4v) is 2.08. The van der Waals surface area contributed by atoms with E-state index in [0.29, 0.717) is 11.3 Å². The molecule has 0 aliphatic rings. The summed E-state index contributed by atoms with van der Waals surface area (Å²) in [5.41, 5.74) is 1.69. The first kappa shape index (κ1) is 13.1. The molecule has 0 fully saturated rings. The van der Waals surface area contributed by atoms with Crippen molar-refractivity contribution >= 4 is 17.5 Å². The Kier molecular flexibility index (Phi) is 5.35. The Morgan fingerprint density at radius 3 is 2.81 bits per heavy atom. The van der Waals surface area contributed by atoms with Crippen LogP contribution in [0.4, 0.5) is 0 Å². The summed E-state index contributed by atoms with van der Waals surface area (Å²) >= 11 is 1.61. The van der Waals surface area contributed by atoms with Crippen LogP contribution in [0.3, 0.4) is 0 Å². The number of carbonyl (C=O) groups is 1. The maximum absolute atomic E-state index is 11.2. The van der Waals surface area contributed by atoms with Crippen LogP contribution in [0, 0.1) is 0 Å². The number of thioether (sulfide) groups is 1. The maximum atomic E-state index is 11.2. The minimum Gasteiger partial charge on any atom is -0.496 e. The highest BCUT2D eigenvalue weighted by molar-refractivity contribution is 7.98. The van der Waals surface area contributed by atoms with Gasteiger partial charge in [-0.2, -0.15) is 11.8 Å². The second-order valence-corrected chi connectivity index (χ2v) is 4.46. The number of methoxy groups -OCH3 is 1. The van der Waals surface area contributed by atoms with Crippen LogP contribution in [-0.4, -0.2) is 30.4 Å². The van der Waals surface area contributed by atoms with E-state index in [1.54, 1.807) is 31.9 Å². The Hall–Kier alpha value is -1.00. The Balaban J connectivity index is 2.84. The van der Waals surface area contributed by atoms with Crippen molar-refractivity contribution in [1.29, 1.82) is 0 Å². The average molecular weight is 240 g/mol. The van der Waals surface area contributed by atoms with Gasteiger partial charge in [0.25, 0.3) is 0 Å². The topological polar surface area (TPSA) is 46.5 Å². The lowest BCUT2D eigenvalue weighted by molar-refractivity contribution is 0.101. The van der Waals surface area contributed by atoms with Crippen LogP contribution >= 0.6 is 11.8 Å². The summed E-state index contributed by atoms with van der Waals surface area (Å²) in [6.45, 7) is 1.71. The van der Waals surface area contributed by atoms with Crippen LogP contribution < -0.4 is 4.74 Å². The lowest BCUT2D eigenvalue weighted by Gasteiger charge is -2.09. The van der Waals surface area contributed by atoms with Crippen LogP contribution in [0.25, 0.3) is 0 Å². The largest absolute Gasteiger partial charge is 0.496 e. The number of hydrogen-bond acceptors (Lipinski definition) is 4. The molecule has 88 valence electrons. The van der Waals surface area contributed by atoms with Gasteiger partial charge in [0.2, 0.25) is 0 Å². The summed E-state index contributed by atoms with van der Waals surface area (Å²) in [5, 5.41) is 8.71. The van der Waals surface area contributed by atoms with Crippen LogP contribution in [0.2, 0.25) is 0 Å². The molecule has 0 amide bonds. The fourth-order valence-electron chi connectivity index (χ4n) is 1.36. The Morgan fingerprint density at radius 1 is 1.50 bits per heavy atom. The van der Waals surface area contributed by atoms with Crippen molar-refractivity contribution in [2.45, 2.75) is 12.7 Å². The first-order chi connectivity index (χ1) is 7.69. The van der Waals surface area contributed by atoms with Gasteiger partial charge in [0.15, 0.2) is 5.78 Å². The molecule has 3 nitrogen and oxygen atoms in total. The van der Waals surface area contributed by atoms with Crippen molar-refractivity contribution in [3.05, 3.63) is 29.3 Å². The number of hydrogen-bond donors (Lipinski definition) is 1. The van der Waals surface area contributed by atoms with Crippen molar-refractivity contribution < 1.29 is 14.6 Å². The van der Waals surface area contributed by atoms with Crippen LogP contribution in [-0.2, 0) is 5.75 Å². The smallest absolute Gasteiger partial charge is 0.159 e. The molecular formula is C12H16O3S. The molecule has 0 saturated heterocycles. The van der Waals surface area contributed by atoms with Gasteiger partial charge in [-0.15, -0.1) is 0 Å². The molecule has 0 spiro atoms. The van der Waals surface area contributed by atoms with Gasteiger partial charge < -0.3 is 9.84 Å². The zero-order chi connectivity index (χ0) is 12.0. The van der Waals surface area contributed by atoms with Gasteiger partial charge >= 0.3 is 0 Å². The van der Waals surface area contributed by atoms with Gasteiger partial charge in [0.05, 0.1) is 13.7 Å². The van der Waals surface area contributed by atoms with Crippen molar-refractivity contribution in [2.24, 2.45) is 0 Å². The van der Waals surface area contributed by atoms with E-state index in [1.165, 1.54) is 0 Å². The molecule has 0 radical (unpaired) electrons. The summed E-state index contributed by atoms with van der Waals surface area (Å²) in [6.07, 6.45) is 0. The van der Waals surface area contributed by atoms with Crippen molar-refractivity contribution in [1.82, 2.24) is 0 Å². The highest BCUT2D eigenvalue weighted by atomic mass is 32.2. The van der Waals surface area contributed by atoms with E-state index in [4.69, 9.17) is 9.84 Å². The molecule has 0 aliphatic heterocycles. The molecule has 0 saturated carbocycles. The third-order valence-electron chi connectivity index (χ3n) is 2.18. The van der Waals surface area contributed by atoms with Gasteiger partial charge in [0, 0.05) is 22.6 Å². The first-order valence-electron chi connectivity index (χ1n) is 5.05. The standard InChI is InChI=1S/C12H16O3S/c1-9(14)10-3-4-12(15-2)11(7-10)8-16-6-5-13/h3-4,7,13H,5-6,8H2,1-2H3. The molecule has 0 unspecified atom stereocenters. The van der Waals surface area contributed by atoms with Gasteiger partial charge in [-0.05, 0) is 25.1 Å². The monoisotopic (exact) mass is 240 g/mol. The second kappa shape index (κ2) is 6.55. The van der Waals surface area contributed by atoms with E-state index in [9.17, 15) is 4.79 Å². The molecule has 0 bridgehead atoms. The van der Waals surface area contributed by atoms with Crippen molar-refractivity contribution in [3.63, 3.8) is 0 Å². The number of Topliss-reactive ketones (excluding diaryl/α,β-unsaturated/α-hetero) is 1. The molecule has 1 aromatic carbocycles. The van der Waals surface area contributed by atoms with Gasteiger partial charge in [-0.1, -0.05) is 0 Å². The van der Waals surface area contributed by atoms with Crippen molar-refractivity contribution in [2.75, 3.05) is 19.5 Å². The predicted molar refractivity (Wildman–Crippen MR) is 66.2 cm³/mol. The Bertz CT molecular complexity index is 363. The molecule has 1 aromatic rings. The minimum atomic E-state index is 0.0519. The third kappa shape index (κ3) is 3.54. The molecule has 4 heteroatoms. The first-order valence-corrected chi connectivity index (χ1v) is 6.21. The summed E-state index contributed by atoms with van der Waals surface area (Å²) in [5.74, 6) is 2.27. The number of aliphatic hydroxyl groups excluding tert-OH is 1. The van der Waals surface area contributed by atoms with E-state index in [0.717, 1.165) is 17.1 Å². The van der Waals surface area contributed by atoms with Crippen LogP contribution in [0.1, 0.15) is 22.8 Å². The predicted octanol–water partition coefficient (Wildman–Crippen LogP) is 2.12. The number of ketones is 1. The molecule has 0 aromatic heterocycles. The van der Waals surface area contributed by atoms with Crippen LogP contribution in [0.15, 0.2) is 18.2 Å². The average Bonchev–Trinajstić information content (AvgIpc) is 2.29. The quantitative estimate of drug-likeness (QED) is 0.611. The molecule has 16 heavy (non-hydrogen) atoms. The van der Waals surface area contributed by atoms with Crippen molar-refractivity contribution in [3.8, 4) is 5.75 Å². The molecule has 1 N–H and O–H groups in total. The number of aliphatic hydroxyl groups is 1. The zero-order valence-corrected chi connectivity index (χ0v) is 10.3. The maximum Gasteiger partial charge on any atom is 0.159 e. The lowest BCUT2D eigenvalue weighted by atomic mass is 10.1. The molecule has 0 atom stereocenters. The molecule has 0 heterocycles. The van der Waals surface area contributed by atoms with E-state index in [2.05, 4.69) is 0 Å². The van der Waals surface area contributed by atoms with Crippen LogP contribution in [0.5, 0.6) is 5.75 Å². The summed E-state index contributed by atoms with van der Waals surface area (Å²) < 4.78 is 5.22. The molecular weight excluding hydrogens is 224 g/mol. The van der Waals surface area contributed by atoms with Gasteiger partial charge in [-0.25, -0.2) is 0 Å². The molecule has 0 aliphatic carbocycles. The van der Waals surface area contributed by atoms with E-state index < -0.39 is 0 Å². The second-order valence-electron chi connectivity index (χ2n) is 3.36. The third-order valence-corrected chi connectivity index (χ3v) is 3.17. The Morgan fingerprint density at radius 2 is 2.25 bits per heavy atom. The van der Waals surface area contributed by atoms with E-state index in [-0.39, 0.29) is 12.4 Å². The van der Waals surface area contributed by atoms with E-state index >= 15 is 0 Å². The number of rotatable bonds is 6. The number of ether oxygens (including phenoxy) is 1. The number of carbonyl (C=O) groups excluding carboxylic acids is 1. The highest BCUT2D eigenvalue weighted by Crippen LogP contribution is 2.24. The van der Waals surface area contributed by atoms with E-state index in [1.807, 2.05) is 12.1 Å².